The molecule has 2 aromatic carbocycles. The maximum Gasteiger partial charge on any atom is 0.243 e. The highest BCUT2D eigenvalue weighted by Gasteiger charge is 2.17. The van der Waals surface area contributed by atoms with Crippen molar-refractivity contribution in [3.63, 3.8) is 0 Å². The summed E-state index contributed by atoms with van der Waals surface area (Å²) in [5, 5.41) is 5.65. The second-order valence-electron chi connectivity index (χ2n) is 5.78. The third-order valence-corrected chi connectivity index (χ3v) is 5.56. The minimum Gasteiger partial charge on any atom is -0.497 e. The summed E-state index contributed by atoms with van der Waals surface area (Å²) in [6, 6.07) is 11.4. The van der Waals surface area contributed by atoms with E-state index in [2.05, 4.69) is 10.6 Å². The zero-order valence-electron chi connectivity index (χ0n) is 15.6. The van der Waals surface area contributed by atoms with Crippen LogP contribution in [0.2, 0.25) is 0 Å². The SMILES string of the molecule is COc1ccc(OC)c(NC(=O)CNc2cccc(S(=O)(=O)N(C)C)c2)c1. The van der Waals surface area contributed by atoms with Gasteiger partial charge >= 0.3 is 0 Å². The number of methoxy groups -OCH3 is 2. The van der Waals surface area contributed by atoms with Gasteiger partial charge in [-0.25, -0.2) is 12.7 Å². The highest BCUT2D eigenvalue weighted by Crippen LogP contribution is 2.28. The Morgan fingerprint density at radius 3 is 2.44 bits per heavy atom. The van der Waals surface area contributed by atoms with Gasteiger partial charge in [0.05, 0.1) is 31.3 Å². The molecular formula is C18H23N3O5S. The Labute approximate surface area is 159 Å². The fraction of sp³-hybridized carbons (Fsp3) is 0.278. The summed E-state index contributed by atoms with van der Waals surface area (Å²) in [6.45, 7) is -0.0498. The van der Waals surface area contributed by atoms with Crippen molar-refractivity contribution >= 4 is 27.3 Å². The van der Waals surface area contributed by atoms with E-state index < -0.39 is 10.0 Å². The zero-order valence-corrected chi connectivity index (χ0v) is 16.5. The second kappa shape index (κ2) is 8.74. The van der Waals surface area contributed by atoms with Crippen molar-refractivity contribution in [2.75, 3.05) is 45.5 Å². The molecule has 8 nitrogen and oxygen atoms in total. The number of nitrogens with zero attached hydrogens (tertiary/aromatic N) is 1. The molecule has 0 saturated heterocycles. The summed E-state index contributed by atoms with van der Waals surface area (Å²) in [5.74, 6) is 0.770. The third-order valence-electron chi connectivity index (χ3n) is 3.75. The summed E-state index contributed by atoms with van der Waals surface area (Å²) >= 11 is 0. The van der Waals surface area contributed by atoms with Crippen LogP contribution in [-0.4, -0.2) is 53.5 Å². The molecule has 0 unspecified atom stereocenters. The molecule has 27 heavy (non-hydrogen) atoms. The molecule has 0 radical (unpaired) electrons. The van der Waals surface area contributed by atoms with Gasteiger partial charge in [-0.05, 0) is 30.3 Å². The highest BCUT2D eigenvalue weighted by molar-refractivity contribution is 7.89. The molecular weight excluding hydrogens is 370 g/mol. The van der Waals surface area contributed by atoms with E-state index in [0.29, 0.717) is 22.9 Å². The molecule has 0 fully saturated rings. The molecule has 146 valence electrons. The van der Waals surface area contributed by atoms with Crippen LogP contribution in [0.3, 0.4) is 0 Å². The average molecular weight is 393 g/mol. The number of anilines is 2. The molecule has 0 aliphatic heterocycles. The maximum absolute atomic E-state index is 12.2. The monoisotopic (exact) mass is 393 g/mol. The number of hydrogen-bond acceptors (Lipinski definition) is 6. The van der Waals surface area contributed by atoms with E-state index in [4.69, 9.17) is 9.47 Å². The van der Waals surface area contributed by atoms with Gasteiger partial charge in [-0.15, -0.1) is 0 Å². The first kappa shape index (κ1) is 20.5. The van der Waals surface area contributed by atoms with Crippen molar-refractivity contribution < 1.29 is 22.7 Å². The lowest BCUT2D eigenvalue weighted by molar-refractivity contribution is -0.114. The van der Waals surface area contributed by atoms with Gasteiger partial charge in [0.15, 0.2) is 0 Å². The van der Waals surface area contributed by atoms with E-state index in [0.717, 1.165) is 4.31 Å². The molecule has 0 aliphatic rings. The van der Waals surface area contributed by atoms with Crippen LogP contribution in [0.4, 0.5) is 11.4 Å². The molecule has 0 saturated carbocycles. The van der Waals surface area contributed by atoms with Crippen LogP contribution in [0.1, 0.15) is 0 Å². The van der Waals surface area contributed by atoms with Crippen molar-refractivity contribution in [1.29, 1.82) is 0 Å². The predicted octanol–water partition coefficient (Wildman–Crippen LogP) is 2.00. The average Bonchev–Trinajstić information content (AvgIpc) is 2.66. The largest absolute Gasteiger partial charge is 0.497 e. The third kappa shape index (κ3) is 5.11. The molecule has 0 spiro atoms. The summed E-state index contributed by atoms with van der Waals surface area (Å²) < 4.78 is 35.9. The first-order valence-corrected chi connectivity index (χ1v) is 9.50. The van der Waals surface area contributed by atoms with E-state index in [-0.39, 0.29) is 17.3 Å². The molecule has 1 amide bonds. The first-order chi connectivity index (χ1) is 12.8. The Bertz CT molecular complexity index is 913. The van der Waals surface area contributed by atoms with Gasteiger partial charge in [0, 0.05) is 25.8 Å². The van der Waals surface area contributed by atoms with Gasteiger partial charge in [0.25, 0.3) is 0 Å². The number of amides is 1. The van der Waals surface area contributed by atoms with Gasteiger partial charge in [-0.2, -0.15) is 0 Å². The molecule has 0 aromatic heterocycles. The summed E-state index contributed by atoms with van der Waals surface area (Å²) in [4.78, 5) is 12.4. The van der Waals surface area contributed by atoms with Crippen LogP contribution >= 0.6 is 0 Å². The van der Waals surface area contributed by atoms with E-state index in [9.17, 15) is 13.2 Å². The quantitative estimate of drug-likeness (QED) is 0.712. The van der Waals surface area contributed by atoms with Crippen LogP contribution in [0.25, 0.3) is 0 Å². The van der Waals surface area contributed by atoms with Crippen molar-refractivity contribution in [2.24, 2.45) is 0 Å². The van der Waals surface area contributed by atoms with Crippen molar-refractivity contribution in [3.8, 4) is 11.5 Å². The summed E-state index contributed by atoms with van der Waals surface area (Å²) in [5.41, 5.74) is 0.998. The Morgan fingerprint density at radius 2 is 1.81 bits per heavy atom. The topological polar surface area (TPSA) is 97.0 Å². The lowest BCUT2D eigenvalue weighted by Gasteiger charge is -2.14. The molecule has 0 atom stereocenters. The molecule has 0 aliphatic carbocycles. The van der Waals surface area contributed by atoms with E-state index in [1.165, 1.54) is 40.4 Å². The Morgan fingerprint density at radius 1 is 1.07 bits per heavy atom. The number of carbonyl (C=O) groups excluding carboxylic acids is 1. The summed E-state index contributed by atoms with van der Waals surface area (Å²) in [6.07, 6.45) is 0. The molecule has 2 aromatic rings. The van der Waals surface area contributed by atoms with Gasteiger partial charge in [-0.1, -0.05) is 6.07 Å². The van der Waals surface area contributed by atoms with Gasteiger partial charge in [0.2, 0.25) is 15.9 Å². The molecule has 0 heterocycles. The maximum atomic E-state index is 12.2. The van der Waals surface area contributed by atoms with Gasteiger partial charge < -0.3 is 20.1 Å². The van der Waals surface area contributed by atoms with Crippen molar-refractivity contribution in [2.45, 2.75) is 4.90 Å². The number of benzene rings is 2. The molecule has 2 N–H and O–H groups in total. The fourth-order valence-electron chi connectivity index (χ4n) is 2.27. The minimum atomic E-state index is -3.54. The number of carbonyl (C=O) groups is 1. The van der Waals surface area contributed by atoms with Crippen LogP contribution in [0, 0.1) is 0 Å². The lowest BCUT2D eigenvalue weighted by atomic mass is 10.2. The zero-order chi connectivity index (χ0) is 20.0. The smallest absolute Gasteiger partial charge is 0.243 e. The van der Waals surface area contributed by atoms with Crippen molar-refractivity contribution in [3.05, 3.63) is 42.5 Å². The number of rotatable bonds is 8. The second-order valence-corrected chi connectivity index (χ2v) is 7.94. The van der Waals surface area contributed by atoms with E-state index in [1.54, 1.807) is 30.3 Å². The van der Waals surface area contributed by atoms with E-state index >= 15 is 0 Å². The van der Waals surface area contributed by atoms with Gasteiger partial charge in [0.1, 0.15) is 11.5 Å². The Balaban J connectivity index is 2.07. The number of sulfonamides is 1. The minimum absolute atomic E-state index is 0.0498. The highest BCUT2D eigenvalue weighted by atomic mass is 32.2. The Hall–Kier alpha value is -2.78. The van der Waals surface area contributed by atoms with Crippen LogP contribution in [0.15, 0.2) is 47.4 Å². The molecule has 0 bridgehead atoms. The fourth-order valence-corrected chi connectivity index (χ4v) is 3.21. The predicted molar refractivity (Wildman–Crippen MR) is 104 cm³/mol. The standard InChI is InChI=1S/C18H23N3O5S/c1-21(2)27(23,24)15-7-5-6-13(10-15)19-12-18(22)20-16-11-14(25-3)8-9-17(16)26-4/h5-11,19H,12H2,1-4H3,(H,20,22). The van der Waals surface area contributed by atoms with Gasteiger partial charge in [-0.3, -0.25) is 4.79 Å². The van der Waals surface area contributed by atoms with Crippen LogP contribution in [-0.2, 0) is 14.8 Å². The van der Waals surface area contributed by atoms with Crippen LogP contribution < -0.4 is 20.1 Å². The Kier molecular flexibility index (Phi) is 6.65. The molecule has 9 heteroatoms. The molecule has 2 rings (SSSR count). The normalized spacial score (nSPS) is 11.1. The number of nitrogens with one attached hydrogen (secondary N) is 2. The number of hydrogen-bond donors (Lipinski definition) is 2. The number of ether oxygens (including phenoxy) is 2. The van der Waals surface area contributed by atoms with Crippen molar-refractivity contribution in [1.82, 2.24) is 4.31 Å². The van der Waals surface area contributed by atoms with Crippen LogP contribution in [0.5, 0.6) is 11.5 Å². The first-order valence-electron chi connectivity index (χ1n) is 8.06. The van der Waals surface area contributed by atoms with E-state index in [1.807, 2.05) is 0 Å². The summed E-state index contributed by atoms with van der Waals surface area (Å²) in [7, 11) is 2.42. The lowest BCUT2D eigenvalue weighted by Crippen LogP contribution is -2.23.